The van der Waals surface area contributed by atoms with E-state index in [9.17, 15) is 8.42 Å². The normalized spacial score (nSPS) is 14.4. The topological polar surface area (TPSA) is 64.0 Å². The molecule has 0 amide bonds. The molecule has 0 aliphatic rings. The lowest BCUT2D eigenvalue weighted by atomic mass is 10.0. The van der Waals surface area contributed by atoms with Crippen LogP contribution in [0.15, 0.2) is 0 Å². The molecule has 0 saturated carbocycles. The molecule has 0 spiro atoms. The van der Waals surface area contributed by atoms with Crippen LogP contribution in [0.3, 0.4) is 0 Å². The SMILES string of the molecule is CCC(NC)c1c(C)nn(CCS(=O)(=O)C(C)(C)C)c1C. The highest BCUT2D eigenvalue weighted by atomic mass is 32.2. The van der Waals surface area contributed by atoms with Gasteiger partial charge in [0.2, 0.25) is 0 Å². The third-order valence-corrected chi connectivity index (χ3v) is 6.63. The van der Waals surface area contributed by atoms with Gasteiger partial charge >= 0.3 is 0 Å². The zero-order valence-corrected chi connectivity index (χ0v) is 15.1. The average Bonchev–Trinajstić information content (AvgIpc) is 2.64. The van der Waals surface area contributed by atoms with Crippen LogP contribution >= 0.6 is 0 Å². The van der Waals surface area contributed by atoms with Gasteiger partial charge in [0.1, 0.15) is 0 Å². The molecule has 0 bridgehead atoms. The molecule has 1 aromatic heterocycles. The van der Waals surface area contributed by atoms with E-state index >= 15 is 0 Å². The zero-order valence-electron chi connectivity index (χ0n) is 14.3. The fourth-order valence-electron chi connectivity index (χ4n) is 2.50. The summed E-state index contributed by atoms with van der Waals surface area (Å²) < 4.78 is 25.6. The molecule has 1 aromatic rings. The lowest BCUT2D eigenvalue weighted by Crippen LogP contribution is -2.32. The van der Waals surface area contributed by atoms with Gasteiger partial charge in [-0.15, -0.1) is 0 Å². The molecule has 21 heavy (non-hydrogen) atoms. The quantitative estimate of drug-likeness (QED) is 0.875. The van der Waals surface area contributed by atoms with Gasteiger partial charge in [0.15, 0.2) is 9.84 Å². The van der Waals surface area contributed by atoms with Crippen LogP contribution in [-0.4, -0.2) is 35.7 Å². The summed E-state index contributed by atoms with van der Waals surface area (Å²) in [5.74, 6) is 0.119. The third kappa shape index (κ3) is 3.86. The Labute approximate surface area is 129 Å². The van der Waals surface area contributed by atoms with Crippen molar-refractivity contribution in [2.75, 3.05) is 12.8 Å². The molecule has 0 saturated heterocycles. The van der Waals surface area contributed by atoms with Crippen molar-refractivity contribution >= 4 is 9.84 Å². The lowest BCUT2D eigenvalue weighted by molar-refractivity contribution is 0.544. The Kier molecular flexibility index (Phi) is 5.61. The van der Waals surface area contributed by atoms with Gasteiger partial charge in [-0.25, -0.2) is 8.42 Å². The number of aromatic nitrogens is 2. The van der Waals surface area contributed by atoms with Crippen molar-refractivity contribution in [1.29, 1.82) is 0 Å². The summed E-state index contributed by atoms with van der Waals surface area (Å²) in [6, 6.07) is 0.262. The summed E-state index contributed by atoms with van der Waals surface area (Å²) >= 11 is 0. The maximum absolute atomic E-state index is 12.2. The minimum absolute atomic E-state index is 0.119. The number of nitrogens with zero attached hydrogens (tertiary/aromatic N) is 2. The van der Waals surface area contributed by atoms with E-state index in [2.05, 4.69) is 17.3 Å². The van der Waals surface area contributed by atoms with Crippen LogP contribution in [0.4, 0.5) is 0 Å². The number of nitrogens with one attached hydrogen (secondary N) is 1. The number of sulfone groups is 1. The van der Waals surface area contributed by atoms with E-state index in [4.69, 9.17) is 0 Å². The standard InChI is InChI=1S/C15H29N3O2S/c1-8-13(16-7)14-11(2)17-18(12(14)3)9-10-21(19,20)15(4,5)6/h13,16H,8-10H2,1-7H3. The second kappa shape index (κ2) is 6.48. The van der Waals surface area contributed by atoms with Crippen molar-refractivity contribution in [3.05, 3.63) is 17.0 Å². The highest BCUT2D eigenvalue weighted by Crippen LogP contribution is 2.24. The first-order valence-corrected chi connectivity index (χ1v) is 9.13. The second-order valence-corrected chi connectivity index (χ2v) is 9.35. The molecule has 0 fully saturated rings. The van der Waals surface area contributed by atoms with Gasteiger partial charge in [0.25, 0.3) is 0 Å². The Balaban J connectivity index is 3.00. The van der Waals surface area contributed by atoms with Gasteiger partial charge in [0.05, 0.1) is 22.7 Å². The molecule has 1 atom stereocenters. The fourth-order valence-corrected chi connectivity index (χ4v) is 3.52. The van der Waals surface area contributed by atoms with Gasteiger partial charge in [-0.05, 0) is 48.1 Å². The van der Waals surface area contributed by atoms with Crippen molar-refractivity contribution in [3.8, 4) is 0 Å². The third-order valence-electron chi connectivity index (χ3n) is 4.05. The fraction of sp³-hybridized carbons (Fsp3) is 0.800. The smallest absolute Gasteiger partial charge is 0.157 e. The summed E-state index contributed by atoms with van der Waals surface area (Å²) in [5, 5.41) is 7.81. The van der Waals surface area contributed by atoms with E-state index in [1.807, 2.05) is 25.6 Å². The van der Waals surface area contributed by atoms with E-state index in [-0.39, 0.29) is 11.8 Å². The summed E-state index contributed by atoms with van der Waals surface area (Å²) in [7, 11) is -1.19. The maximum atomic E-state index is 12.2. The van der Waals surface area contributed by atoms with E-state index < -0.39 is 14.6 Å². The molecule has 0 aromatic carbocycles. The molecule has 1 rings (SSSR count). The Hall–Kier alpha value is -0.880. The van der Waals surface area contributed by atoms with Gasteiger partial charge in [-0.1, -0.05) is 6.92 Å². The molecule has 6 heteroatoms. The minimum Gasteiger partial charge on any atom is -0.313 e. The summed E-state index contributed by atoms with van der Waals surface area (Å²) in [4.78, 5) is 0. The predicted molar refractivity (Wildman–Crippen MR) is 87.3 cm³/mol. The average molecular weight is 315 g/mol. The van der Waals surface area contributed by atoms with Gasteiger partial charge < -0.3 is 5.32 Å². The van der Waals surface area contributed by atoms with Gasteiger partial charge in [-0.2, -0.15) is 5.10 Å². The largest absolute Gasteiger partial charge is 0.313 e. The van der Waals surface area contributed by atoms with Gasteiger partial charge in [0, 0.05) is 17.3 Å². The number of aryl methyl sites for hydroxylation is 2. The van der Waals surface area contributed by atoms with Crippen LogP contribution in [0.1, 0.15) is 57.1 Å². The molecule has 0 radical (unpaired) electrons. The molecular formula is C15H29N3O2S. The Morgan fingerprint density at radius 1 is 1.29 bits per heavy atom. The van der Waals surface area contributed by atoms with Crippen LogP contribution in [0.25, 0.3) is 0 Å². The molecule has 1 unspecified atom stereocenters. The van der Waals surface area contributed by atoms with Crippen molar-refractivity contribution in [2.45, 2.75) is 65.3 Å². The van der Waals surface area contributed by atoms with Crippen LogP contribution in [0.5, 0.6) is 0 Å². The molecule has 1 heterocycles. The predicted octanol–water partition coefficient (Wildman–Crippen LogP) is 2.38. The first-order valence-electron chi connectivity index (χ1n) is 7.48. The summed E-state index contributed by atoms with van der Waals surface area (Å²) in [5.41, 5.74) is 3.22. The Bertz CT molecular complexity index is 579. The van der Waals surface area contributed by atoms with Gasteiger partial charge in [-0.3, -0.25) is 4.68 Å². The molecule has 0 aliphatic heterocycles. The Morgan fingerprint density at radius 2 is 1.86 bits per heavy atom. The summed E-state index contributed by atoms with van der Waals surface area (Å²) in [6.07, 6.45) is 0.976. The highest BCUT2D eigenvalue weighted by molar-refractivity contribution is 7.92. The van der Waals surface area contributed by atoms with E-state index in [0.29, 0.717) is 6.54 Å². The summed E-state index contributed by atoms with van der Waals surface area (Å²) in [6.45, 7) is 11.7. The molecule has 122 valence electrons. The number of hydrogen-bond acceptors (Lipinski definition) is 4. The Morgan fingerprint density at radius 3 is 2.29 bits per heavy atom. The second-order valence-electron chi connectivity index (χ2n) is 6.49. The maximum Gasteiger partial charge on any atom is 0.157 e. The van der Waals surface area contributed by atoms with Crippen LogP contribution < -0.4 is 5.32 Å². The van der Waals surface area contributed by atoms with E-state index in [1.165, 1.54) is 5.56 Å². The van der Waals surface area contributed by atoms with Crippen molar-refractivity contribution in [2.24, 2.45) is 0 Å². The number of rotatable bonds is 6. The molecule has 1 N–H and O–H groups in total. The van der Waals surface area contributed by atoms with E-state index in [1.54, 1.807) is 20.8 Å². The van der Waals surface area contributed by atoms with Crippen LogP contribution in [-0.2, 0) is 16.4 Å². The van der Waals surface area contributed by atoms with Crippen LogP contribution in [0, 0.1) is 13.8 Å². The zero-order chi connectivity index (χ0) is 16.4. The van der Waals surface area contributed by atoms with E-state index in [0.717, 1.165) is 17.8 Å². The number of hydrogen-bond donors (Lipinski definition) is 1. The molecule has 0 aliphatic carbocycles. The minimum atomic E-state index is -3.12. The van der Waals surface area contributed by atoms with Crippen LogP contribution in [0.2, 0.25) is 0 Å². The lowest BCUT2D eigenvalue weighted by Gasteiger charge is -2.19. The first-order chi connectivity index (χ1) is 9.55. The first kappa shape index (κ1) is 18.2. The van der Waals surface area contributed by atoms with Crippen molar-refractivity contribution < 1.29 is 8.42 Å². The molecular weight excluding hydrogens is 286 g/mol. The van der Waals surface area contributed by atoms with Crippen molar-refractivity contribution in [1.82, 2.24) is 15.1 Å². The monoisotopic (exact) mass is 315 g/mol. The van der Waals surface area contributed by atoms with Crippen molar-refractivity contribution in [3.63, 3.8) is 0 Å². The highest BCUT2D eigenvalue weighted by Gasteiger charge is 2.29. The molecule has 5 nitrogen and oxygen atoms in total.